The molecule has 2 aromatic carbocycles. The van der Waals surface area contributed by atoms with Crippen molar-refractivity contribution in [1.29, 1.82) is 0 Å². The Labute approximate surface area is 144 Å². The monoisotopic (exact) mass is 354 g/mol. The van der Waals surface area contributed by atoms with E-state index < -0.39 is 6.09 Å². The van der Waals surface area contributed by atoms with Crippen LogP contribution in [0.25, 0.3) is 0 Å². The average molecular weight is 355 g/mol. The second-order valence-corrected chi connectivity index (χ2v) is 5.46. The van der Waals surface area contributed by atoms with Gasteiger partial charge in [0.15, 0.2) is 0 Å². The van der Waals surface area contributed by atoms with Gasteiger partial charge in [-0.25, -0.2) is 4.79 Å². The smallest absolute Gasteiger partial charge is 0.411 e. The van der Waals surface area contributed by atoms with E-state index in [9.17, 15) is 4.79 Å². The predicted octanol–water partition coefficient (Wildman–Crippen LogP) is 4.72. The standard InChI is InChI=1S/C16H16Cl2N2O3/c1-2-22-16(21)20-15-6-4-12(8-14(15)19)23-9-10-7-11(17)3-5-13(10)18/h3-8H,2,9,19H2,1H3,(H,20,21). The predicted molar refractivity (Wildman–Crippen MR) is 92.3 cm³/mol. The van der Waals surface area contributed by atoms with Gasteiger partial charge in [0.25, 0.3) is 0 Å². The van der Waals surface area contributed by atoms with Crippen LogP contribution in [0.4, 0.5) is 16.2 Å². The van der Waals surface area contributed by atoms with Crippen molar-refractivity contribution >= 4 is 40.7 Å². The maximum atomic E-state index is 11.4. The molecule has 0 bridgehead atoms. The largest absolute Gasteiger partial charge is 0.489 e. The van der Waals surface area contributed by atoms with Gasteiger partial charge in [-0.3, -0.25) is 5.32 Å². The van der Waals surface area contributed by atoms with Crippen LogP contribution in [-0.4, -0.2) is 12.7 Å². The highest BCUT2D eigenvalue weighted by Crippen LogP contribution is 2.27. The maximum Gasteiger partial charge on any atom is 0.411 e. The van der Waals surface area contributed by atoms with Crippen molar-refractivity contribution in [1.82, 2.24) is 0 Å². The highest BCUT2D eigenvalue weighted by molar-refractivity contribution is 6.33. The molecule has 0 aliphatic rings. The van der Waals surface area contributed by atoms with Crippen LogP contribution >= 0.6 is 23.2 Å². The third-order valence-electron chi connectivity index (χ3n) is 2.94. The fraction of sp³-hybridized carbons (Fsp3) is 0.188. The summed E-state index contributed by atoms with van der Waals surface area (Å²) in [5.41, 5.74) is 7.48. The fourth-order valence-electron chi connectivity index (χ4n) is 1.84. The van der Waals surface area contributed by atoms with Crippen LogP contribution in [0, 0.1) is 0 Å². The van der Waals surface area contributed by atoms with E-state index in [4.69, 9.17) is 38.4 Å². The van der Waals surface area contributed by atoms with Gasteiger partial charge in [-0.15, -0.1) is 0 Å². The van der Waals surface area contributed by atoms with Gasteiger partial charge in [-0.05, 0) is 37.3 Å². The Kier molecular flexibility index (Phi) is 5.96. The highest BCUT2D eigenvalue weighted by atomic mass is 35.5. The van der Waals surface area contributed by atoms with E-state index >= 15 is 0 Å². The lowest BCUT2D eigenvalue weighted by Crippen LogP contribution is -2.14. The number of nitrogen functional groups attached to an aromatic ring is 1. The van der Waals surface area contributed by atoms with E-state index in [0.29, 0.717) is 27.2 Å². The number of nitrogens with two attached hydrogens (primary N) is 1. The lowest BCUT2D eigenvalue weighted by molar-refractivity contribution is 0.168. The molecular formula is C16H16Cl2N2O3. The molecule has 0 heterocycles. The number of amides is 1. The molecule has 2 aromatic rings. The number of carbonyl (C=O) groups excluding carboxylic acids is 1. The topological polar surface area (TPSA) is 73.6 Å². The Balaban J connectivity index is 2.03. The van der Waals surface area contributed by atoms with Crippen LogP contribution in [0.1, 0.15) is 12.5 Å². The van der Waals surface area contributed by atoms with Gasteiger partial charge in [-0.2, -0.15) is 0 Å². The Morgan fingerprint density at radius 2 is 2.00 bits per heavy atom. The maximum absolute atomic E-state index is 11.4. The number of hydrogen-bond acceptors (Lipinski definition) is 4. The first-order valence-electron chi connectivity index (χ1n) is 6.89. The van der Waals surface area contributed by atoms with Gasteiger partial charge in [0.1, 0.15) is 12.4 Å². The summed E-state index contributed by atoms with van der Waals surface area (Å²) in [5, 5.41) is 3.71. The van der Waals surface area contributed by atoms with Gasteiger partial charge in [0.05, 0.1) is 18.0 Å². The molecule has 23 heavy (non-hydrogen) atoms. The molecule has 3 N–H and O–H groups in total. The molecule has 0 aliphatic carbocycles. The van der Waals surface area contributed by atoms with Crippen molar-refractivity contribution in [3.05, 3.63) is 52.0 Å². The van der Waals surface area contributed by atoms with Crippen LogP contribution in [0.15, 0.2) is 36.4 Å². The van der Waals surface area contributed by atoms with Gasteiger partial charge < -0.3 is 15.2 Å². The molecule has 0 saturated heterocycles. The molecule has 0 aromatic heterocycles. The molecule has 0 radical (unpaired) electrons. The van der Waals surface area contributed by atoms with E-state index in [1.54, 1.807) is 43.3 Å². The summed E-state index contributed by atoms with van der Waals surface area (Å²) >= 11 is 12.0. The van der Waals surface area contributed by atoms with E-state index in [1.165, 1.54) is 0 Å². The zero-order valence-corrected chi connectivity index (χ0v) is 13.9. The average Bonchev–Trinajstić information content (AvgIpc) is 2.51. The molecule has 0 fully saturated rings. The van der Waals surface area contributed by atoms with E-state index in [-0.39, 0.29) is 13.2 Å². The third-order valence-corrected chi connectivity index (χ3v) is 3.54. The van der Waals surface area contributed by atoms with Gasteiger partial charge in [0, 0.05) is 21.7 Å². The number of hydrogen-bond donors (Lipinski definition) is 2. The van der Waals surface area contributed by atoms with Crippen molar-refractivity contribution in [2.45, 2.75) is 13.5 Å². The highest BCUT2D eigenvalue weighted by Gasteiger charge is 2.08. The second kappa shape index (κ2) is 7.94. The van der Waals surface area contributed by atoms with Gasteiger partial charge >= 0.3 is 6.09 Å². The van der Waals surface area contributed by atoms with Crippen molar-refractivity contribution in [2.24, 2.45) is 0 Å². The summed E-state index contributed by atoms with van der Waals surface area (Å²) in [6.07, 6.45) is -0.557. The van der Waals surface area contributed by atoms with Gasteiger partial charge in [-0.1, -0.05) is 23.2 Å². The second-order valence-electron chi connectivity index (χ2n) is 4.62. The number of anilines is 2. The molecule has 0 atom stereocenters. The normalized spacial score (nSPS) is 10.2. The molecule has 5 nitrogen and oxygen atoms in total. The Hall–Kier alpha value is -2.11. The van der Waals surface area contributed by atoms with Crippen LogP contribution in [0.2, 0.25) is 10.0 Å². The van der Waals surface area contributed by atoms with Crippen molar-refractivity contribution in [3.8, 4) is 5.75 Å². The SMILES string of the molecule is CCOC(=O)Nc1ccc(OCc2cc(Cl)ccc2Cl)cc1N. The first-order valence-corrected chi connectivity index (χ1v) is 7.65. The van der Waals surface area contributed by atoms with Crippen LogP contribution in [0.3, 0.4) is 0 Å². The Morgan fingerprint density at radius 3 is 2.70 bits per heavy atom. The number of nitrogens with one attached hydrogen (secondary N) is 1. The number of halogens is 2. The molecule has 0 spiro atoms. The minimum absolute atomic E-state index is 0.253. The van der Waals surface area contributed by atoms with Crippen molar-refractivity contribution < 1.29 is 14.3 Å². The summed E-state index contributed by atoms with van der Waals surface area (Å²) in [4.78, 5) is 11.4. The minimum Gasteiger partial charge on any atom is -0.489 e. The molecule has 7 heteroatoms. The van der Waals surface area contributed by atoms with E-state index in [0.717, 1.165) is 5.56 Å². The van der Waals surface area contributed by atoms with E-state index in [2.05, 4.69) is 5.32 Å². The summed E-state index contributed by atoms with van der Waals surface area (Å²) in [5.74, 6) is 0.549. The Bertz CT molecular complexity index is 708. The summed E-state index contributed by atoms with van der Waals surface area (Å²) < 4.78 is 10.4. The van der Waals surface area contributed by atoms with Crippen LogP contribution < -0.4 is 15.8 Å². The zero-order valence-electron chi connectivity index (χ0n) is 12.4. The van der Waals surface area contributed by atoms with E-state index in [1.807, 2.05) is 0 Å². The number of carbonyl (C=O) groups is 1. The van der Waals surface area contributed by atoms with Crippen molar-refractivity contribution in [2.75, 3.05) is 17.7 Å². The molecule has 2 rings (SSSR count). The first-order chi connectivity index (χ1) is 11.0. The molecule has 122 valence electrons. The number of rotatable bonds is 5. The molecule has 0 aliphatic heterocycles. The lowest BCUT2D eigenvalue weighted by atomic mass is 10.2. The minimum atomic E-state index is -0.557. The fourth-order valence-corrected chi connectivity index (χ4v) is 2.20. The molecule has 1 amide bonds. The van der Waals surface area contributed by atoms with Crippen LogP contribution in [-0.2, 0) is 11.3 Å². The molecule has 0 saturated carbocycles. The Morgan fingerprint density at radius 1 is 1.22 bits per heavy atom. The summed E-state index contributed by atoms with van der Waals surface area (Å²) in [7, 11) is 0. The molecular weight excluding hydrogens is 339 g/mol. The van der Waals surface area contributed by atoms with Crippen LogP contribution in [0.5, 0.6) is 5.75 Å². The number of benzene rings is 2. The van der Waals surface area contributed by atoms with Gasteiger partial charge in [0.2, 0.25) is 0 Å². The van der Waals surface area contributed by atoms with Crippen molar-refractivity contribution in [3.63, 3.8) is 0 Å². The first kappa shape index (κ1) is 17.2. The zero-order chi connectivity index (χ0) is 16.8. The molecule has 0 unspecified atom stereocenters. The lowest BCUT2D eigenvalue weighted by Gasteiger charge is -2.12. The summed E-state index contributed by atoms with van der Waals surface area (Å²) in [6, 6.07) is 10.1. The summed E-state index contributed by atoms with van der Waals surface area (Å²) in [6.45, 7) is 2.26. The third kappa shape index (κ3) is 4.94. The number of ether oxygens (including phenoxy) is 2. The quantitative estimate of drug-likeness (QED) is 0.761.